The van der Waals surface area contributed by atoms with Crippen LogP contribution in [0.15, 0.2) is 42.7 Å². The molecule has 0 bridgehead atoms. The Balaban J connectivity index is 2.29. The number of hydrogen-bond acceptors (Lipinski definition) is 5. The van der Waals surface area contributed by atoms with Crippen LogP contribution >= 0.6 is 0 Å². The van der Waals surface area contributed by atoms with Gasteiger partial charge in [0, 0.05) is 18.0 Å². The molecule has 2 aromatic rings. The lowest BCUT2D eigenvalue weighted by molar-refractivity contribution is 0.104. The van der Waals surface area contributed by atoms with Gasteiger partial charge in [-0.1, -0.05) is 6.08 Å². The van der Waals surface area contributed by atoms with Gasteiger partial charge in [0.2, 0.25) is 5.75 Å². The Morgan fingerprint density at radius 3 is 2.26 bits per heavy atom. The zero-order valence-electron chi connectivity index (χ0n) is 13.4. The van der Waals surface area contributed by atoms with E-state index in [4.69, 9.17) is 14.2 Å². The maximum Gasteiger partial charge on any atom is 0.203 e. The van der Waals surface area contributed by atoms with Crippen LogP contribution in [0.2, 0.25) is 0 Å². The summed E-state index contributed by atoms with van der Waals surface area (Å²) in [6.07, 6.45) is 6.39. The van der Waals surface area contributed by atoms with Gasteiger partial charge >= 0.3 is 0 Å². The van der Waals surface area contributed by atoms with Crippen LogP contribution in [0, 0.1) is 0 Å². The minimum absolute atomic E-state index is 0.0979. The first-order valence-electron chi connectivity index (χ1n) is 7.20. The van der Waals surface area contributed by atoms with Crippen LogP contribution in [-0.2, 0) is 0 Å². The molecule has 0 saturated carbocycles. The van der Waals surface area contributed by atoms with E-state index in [0.29, 0.717) is 29.4 Å². The van der Waals surface area contributed by atoms with Gasteiger partial charge in [0.15, 0.2) is 17.3 Å². The smallest absolute Gasteiger partial charge is 0.203 e. The molecule has 0 spiro atoms. The third-order valence-electron chi connectivity index (χ3n) is 3.16. The summed E-state index contributed by atoms with van der Waals surface area (Å²) in [6.45, 7) is 2.39. The van der Waals surface area contributed by atoms with Crippen LogP contribution in [0.5, 0.6) is 17.2 Å². The van der Waals surface area contributed by atoms with Crippen molar-refractivity contribution < 1.29 is 19.0 Å². The second-order valence-electron chi connectivity index (χ2n) is 4.62. The number of nitrogens with zero attached hydrogens (tertiary/aromatic N) is 1. The van der Waals surface area contributed by atoms with Crippen molar-refractivity contribution in [3.8, 4) is 17.2 Å². The predicted octanol–water partition coefficient (Wildman–Crippen LogP) is 3.39. The summed E-state index contributed by atoms with van der Waals surface area (Å²) in [4.78, 5) is 16.0. The normalized spacial score (nSPS) is 10.6. The van der Waals surface area contributed by atoms with E-state index in [0.717, 1.165) is 5.56 Å². The highest BCUT2D eigenvalue weighted by Gasteiger charge is 2.13. The van der Waals surface area contributed by atoms with Gasteiger partial charge in [-0.15, -0.1) is 0 Å². The van der Waals surface area contributed by atoms with Crippen LogP contribution in [-0.4, -0.2) is 31.6 Å². The maximum absolute atomic E-state index is 12.1. The number of allylic oxidation sites excluding steroid dienone is 1. The molecule has 120 valence electrons. The lowest BCUT2D eigenvalue weighted by Crippen LogP contribution is -1.99. The molecule has 0 aliphatic heterocycles. The zero-order valence-corrected chi connectivity index (χ0v) is 13.4. The first-order chi connectivity index (χ1) is 11.2. The molecule has 0 aliphatic carbocycles. The molecule has 0 amide bonds. The summed E-state index contributed by atoms with van der Waals surface area (Å²) in [5.74, 6) is 1.57. The fourth-order valence-electron chi connectivity index (χ4n) is 2.07. The Kier molecular flexibility index (Phi) is 5.74. The monoisotopic (exact) mass is 313 g/mol. The van der Waals surface area contributed by atoms with Gasteiger partial charge in [-0.2, -0.15) is 0 Å². The van der Waals surface area contributed by atoms with Crippen molar-refractivity contribution in [3.63, 3.8) is 0 Å². The molecule has 1 heterocycles. The molecular weight excluding hydrogens is 294 g/mol. The van der Waals surface area contributed by atoms with E-state index in [1.165, 1.54) is 6.08 Å². The van der Waals surface area contributed by atoms with E-state index in [2.05, 4.69) is 4.98 Å². The van der Waals surface area contributed by atoms with Crippen molar-refractivity contribution in [2.45, 2.75) is 6.92 Å². The number of pyridine rings is 1. The molecule has 2 rings (SSSR count). The minimum atomic E-state index is -0.0979. The second-order valence-corrected chi connectivity index (χ2v) is 4.62. The number of hydrogen-bond donors (Lipinski definition) is 0. The van der Waals surface area contributed by atoms with Crippen LogP contribution in [0.4, 0.5) is 0 Å². The van der Waals surface area contributed by atoms with Crippen molar-refractivity contribution in [1.29, 1.82) is 0 Å². The highest BCUT2D eigenvalue weighted by Crippen LogP contribution is 2.38. The van der Waals surface area contributed by atoms with Crippen LogP contribution in [0.1, 0.15) is 22.8 Å². The van der Waals surface area contributed by atoms with Crippen LogP contribution in [0.3, 0.4) is 0 Å². The topological polar surface area (TPSA) is 57.7 Å². The minimum Gasteiger partial charge on any atom is -0.493 e. The fourth-order valence-corrected chi connectivity index (χ4v) is 2.07. The van der Waals surface area contributed by atoms with E-state index in [1.807, 2.05) is 6.92 Å². The highest BCUT2D eigenvalue weighted by atomic mass is 16.5. The number of methoxy groups -OCH3 is 2. The van der Waals surface area contributed by atoms with Gasteiger partial charge < -0.3 is 14.2 Å². The molecule has 1 aromatic carbocycles. The first-order valence-corrected chi connectivity index (χ1v) is 7.20. The van der Waals surface area contributed by atoms with E-state index < -0.39 is 0 Å². The molecule has 1 aromatic heterocycles. The number of carbonyl (C=O) groups is 1. The van der Waals surface area contributed by atoms with Gasteiger partial charge in [-0.25, -0.2) is 0 Å². The summed E-state index contributed by atoms with van der Waals surface area (Å²) in [6, 6.07) is 6.94. The SMILES string of the molecule is CCOc1c(OC)cc(/C=C/C(=O)c2ccncc2)cc1OC. The predicted molar refractivity (Wildman–Crippen MR) is 88.3 cm³/mol. The third kappa shape index (κ3) is 4.10. The molecule has 0 unspecified atom stereocenters. The zero-order chi connectivity index (χ0) is 16.7. The molecule has 0 aliphatic rings. The number of ketones is 1. The lowest BCUT2D eigenvalue weighted by Gasteiger charge is -2.14. The van der Waals surface area contributed by atoms with Gasteiger partial charge in [-0.05, 0) is 42.8 Å². The van der Waals surface area contributed by atoms with Crippen LogP contribution < -0.4 is 14.2 Å². The molecule has 0 atom stereocenters. The average Bonchev–Trinajstić information content (AvgIpc) is 2.61. The van der Waals surface area contributed by atoms with Gasteiger partial charge in [0.05, 0.1) is 20.8 Å². The van der Waals surface area contributed by atoms with Crippen molar-refractivity contribution in [2.75, 3.05) is 20.8 Å². The second kappa shape index (κ2) is 7.98. The van der Waals surface area contributed by atoms with Crippen molar-refractivity contribution >= 4 is 11.9 Å². The average molecular weight is 313 g/mol. The summed E-state index contributed by atoms with van der Waals surface area (Å²) < 4.78 is 16.2. The number of ether oxygens (including phenoxy) is 3. The van der Waals surface area contributed by atoms with Gasteiger partial charge in [0.1, 0.15) is 0 Å². The highest BCUT2D eigenvalue weighted by molar-refractivity contribution is 6.06. The standard InChI is InChI=1S/C18H19NO4/c1-4-23-18-16(21-2)11-13(12-17(18)22-3)5-6-15(20)14-7-9-19-10-8-14/h5-12H,4H2,1-3H3/b6-5+. The fraction of sp³-hybridized carbons (Fsp3) is 0.222. The summed E-state index contributed by atoms with van der Waals surface area (Å²) in [7, 11) is 3.12. The molecule has 0 fully saturated rings. The van der Waals surface area contributed by atoms with Gasteiger partial charge in [0.25, 0.3) is 0 Å². The summed E-state index contributed by atoms with van der Waals surface area (Å²) >= 11 is 0. The summed E-state index contributed by atoms with van der Waals surface area (Å²) in [5.41, 5.74) is 1.37. The first kappa shape index (κ1) is 16.5. The Labute approximate surface area is 135 Å². The Bertz CT molecular complexity index is 670. The Morgan fingerprint density at radius 2 is 1.74 bits per heavy atom. The lowest BCUT2D eigenvalue weighted by atomic mass is 10.1. The molecule has 5 nitrogen and oxygen atoms in total. The molecule has 0 N–H and O–H groups in total. The van der Waals surface area contributed by atoms with Crippen LogP contribution in [0.25, 0.3) is 6.08 Å². The Hall–Kier alpha value is -2.82. The van der Waals surface area contributed by atoms with E-state index in [9.17, 15) is 4.79 Å². The van der Waals surface area contributed by atoms with Crippen molar-refractivity contribution in [3.05, 3.63) is 53.9 Å². The number of carbonyl (C=O) groups excluding carboxylic acids is 1. The quantitative estimate of drug-likeness (QED) is 0.579. The number of benzene rings is 1. The number of rotatable bonds is 7. The van der Waals surface area contributed by atoms with E-state index in [-0.39, 0.29) is 5.78 Å². The van der Waals surface area contributed by atoms with E-state index in [1.54, 1.807) is 57.0 Å². The van der Waals surface area contributed by atoms with E-state index >= 15 is 0 Å². The Morgan fingerprint density at radius 1 is 1.13 bits per heavy atom. The molecule has 5 heteroatoms. The van der Waals surface area contributed by atoms with Crippen molar-refractivity contribution in [1.82, 2.24) is 4.98 Å². The van der Waals surface area contributed by atoms with Gasteiger partial charge in [-0.3, -0.25) is 9.78 Å². The molecule has 0 saturated heterocycles. The molecule has 0 radical (unpaired) electrons. The number of aromatic nitrogens is 1. The maximum atomic E-state index is 12.1. The van der Waals surface area contributed by atoms with Crippen molar-refractivity contribution in [2.24, 2.45) is 0 Å². The summed E-state index contributed by atoms with van der Waals surface area (Å²) in [5, 5.41) is 0. The third-order valence-corrected chi connectivity index (χ3v) is 3.16. The molecular formula is C18H19NO4. The molecule has 23 heavy (non-hydrogen) atoms. The largest absolute Gasteiger partial charge is 0.493 e.